The number of halogens is 1. The number of amides is 2. The smallest absolute Gasteiger partial charge is 0.238 e. The SMILES string of the molecule is O=C(CC1Sc2ccc(Cl)cc2NC1=O)Nc1ccc(-c2cn3c(n2)CCCC3)cc1. The van der Waals surface area contributed by atoms with Crippen LogP contribution < -0.4 is 10.6 Å². The van der Waals surface area contributed by atoms with Gasteiger partial charge in [0.1, 0.15) is 5.82 Å². The minimum atomic E-state index is -0.482. The van der Waals surface area contributed by atoms with Crippen LogP contribution in [0.15, 0.2) is 53.6 Å². The minimum absolute atomic E-state index is 0.0914. The lowest BCUT2D eigenvalue weighted by atomic mass is 10.1. The lowest BCUT2D eigenvalue weighted by molar-refractivity contribution is -0.120. The molecule has 1 unspecified atom stereocenters. The third-order valence-corrected chi connectivity index (χ3v) is 7.02. The van der Waals surface area contributed by atoms with Crippen LogP contribution in [-0.4, -0.2) is 26.6 Å². The molecule has 0 radical (unpaired) electrons. The Bertz CT molecular complexity index is 1140. The molecular weight excluding hydrogens is 432 g/mol. The second-order valence-electron chi connectivity index (χ2n) is 7.76. The number of nitrogens with zero attached hydrogens (tertiary/aromatic N) is 2. The number of hydrogen-bond acceptors (Lipinski definition) is 4. The van der Waals surface area contributed by atoms with Gasteiger partial charge in [0.15, 0.2) is 0 Å². The van der Waals surface area contributed by atoms with Gasteiger partial charge in [0.25, 0.3) is 0 Å². The van der Waals surface area contributed by atoms with Crippen LogP contribution in [-0.2, 0) is 22.6 Å². The number of aryl methyl sites for hydroxylation is 2. The molecule has 0 bridgehead atoms. The van der Waals surface area contributed by atoms with Gasteiger partial charge in [0.2, 0.25) is 11.8 Å². The summed E-state index contributed by atoms with van der Waals surface area (Å²) in [6, 6.07) is 13.0. The van der Waals surface area contributed by atoms with Crippen LogP contribution >= 0.6 is 23.4 Å². The number of fused-ring (bicyclic) bond motifs is 2. The number of anilines is 2. The molecule has 0 aliphatic carbocycles. The predicted molar refractivity (Wildman–Crippen MR) is 124 cm³/mol. The molecule has 1 aromatic heterocycles. The number of benzene rings is 2. The molecule has 2 aliphatic heterocycles. The number of aromatic nitrogens is 2. The first-order chi connectivity index (χ1) is 15.0. The van der Waals surface area contributed by atoms with Gasteiger partial charge < -0.3 is 15.2 Å². The topological polar surface area (TPSA) is 76.0 Å². The Hall–Kier alpha value is -2.77. The van der Waals surface area contributed by atoms with E-state index in [9.17, 15) is 9.59 Å². The number of carbonyl (C=O) groups excluding carboxylic acids is 2. The van der Waals surface area contributed by atoms with Crippen molar-refractivity contribution < 1.29 is 9.59 Å². The minimum Gasteiger partial charge on any atom is -0.334 e. The van der Waals surface area contributed by atoms with Crippen molar-refractivity contribution in [2.75, 3.05) is 10.6 Å². The molecule has 2 aliphatic rings. The van der Waals surface area contributed by atoms with Gasteiger partial charge in [-0.2, -0.15) is 0 Å². The van der Waals surface area contributed by atoms with Gasteiger partial charge in [-0.3, -0.25) is 9.59 Å². The third-order valence-electron chi connectivity index (χ3n) is 5.50. The maximum Gasteiger partial charge on any atom is 0.238 e. The molecule has 3 aromatic rings. The average Bonchev–Trinajstić information content (AvgIpc) is 3.19. The van der Waals surface area contributed by atoms with Crippen molar-refractivity contribution in [1.82, 2.24) is 9.55 Å². The number of thioether (sulfide) groups is 1. The van der Waals surface area contributed by atoms with E-state index < -0.39 is 5.25 Å². The van der Waals surface area contributed by atoms with Gasteiger partial charge in [0.05, 0.1) is 16.6 Å². The zero-order valence-corrected chi connectivity index (χ0v) is 18.3. The van der Waals surface area contributed by atoms with E-state index in [0.717, 1.165) is 34.9 Å². The first-order valence-electron chi connectivity index (χ1n) is 10.3. The molecule has 31 heavy (non-hydrogen) atoms. The zero-order chi connectivity index (χ0) is 21.4. The van der Waals surface area contributed by atoms with Gasteiger partial charge in [-0.1, -0.05) is 23.7 Å². The van der Waals surface area contributed by atoms with Crippen LogP contribution in [0.5, 0.6) is 0 Å². The van der Waals surface area contributed by atoms with E-state index in [1.807, 2.05) is 30.3 Å². The largest absolute Gasteiger partial charge is 0.334 e. The lowest BCUT2D eigenvalue weighted by Gasteiger charge is -2.23. The molecule has 1 atom stereocenters. The predicted octanol–water partition coefficient (Wildman–Crippen LogP) is 4.98. The summed E-state index contributed by atoms with van der Waals surface area (Å²) in [5.74, 6) is 0.759. The Balaban J connectivity index is 1.22. The summed E-state index contributed by atoms with van der Waals surface area (Å²) in [5, 5.41) is 5.81. The van der Waals surface area contributed by atoms with E-state index in [4.69, 9.17) is 16.6 Å². The van der Waals surface area contributed by atoms with Crippen molar-refractivity contribution in [2.45, 2.75) is 42.4 Å². The highest BCUT2D eigenvalue weighted by molar-refractivity contribution is 8.01. The Morgan fingerprint density at radius 1 is 1.23 bits per heavy atom. The fourth-order valence-corrected chi connectivity index (χ4v) is 5.18. The van der Waals surface area contributed by atoms with Gasteiger partial charge in [-0.05, 0) is 43.2 Å². The van der Waals surface area contributed by atoms with Crippen molar-refractivity contribution >= 4 is 46.6 Å². The third kappa shape index (κ3) is 4.34. The number of carbonyl (C=O) groups is 2. The Morgan fingerprint density at radius 3 is 2.87 bits per heavy atom. The van der Waals surface area contributed by atoms with Crippen LogP contribution in [0.2, 0.25) is 5.02 Å². The molecule has 0 spiro atoms. The van der Waals surface area contributed by atoms with E-state index in [1.54, 1.807) is 12.1 Å². The fourth-order valence-electron chi connectivity index (χ4n) is 3.91. The number of nitrogens with one attached hydrogen (secondary N) is 2. The molecule has 2 N–H and O–H groups in total. The van der Waals surface area contributed by atoms with Crippen LogP contribution in [0.3, 0.4) is 0 Å². The molecule has 3 heterocycles. The maximum absolute atomic E-state index is 12.5. The monoisotopic (exact) mass is 452 g/mol. The highest BCUT2D eigenvalue weighted by Gasteiger charge is 2.29. The normalized spacial score (nSPS) is 17.5. The van der Waals surface area contributed by atoms with Gasteiger partial charge in [0, 0.05) is 46.8 Å². The summed E-state index contributed by atoms with van der Waals surface area (Å²) in [5.41, 5.74) is 3.38. The number of hydrogen-bond donors (Lipinski definition) is 2. The van der Waals surface area contributed by atoms with Crippen LogP contribution in [0.25, 0.3) is 11.3 Å². The zero-order valence-electron chi connectivity index (χ0n) is 16.7. The fraction of sp³-hybridized carbons (Fsp3) is 0.261. The summed E-state index contributed by atoms with van der Waals surface area (Å²) >= 11 is 7.37. The van der Waals surface area contributed by atoms with E-state index >= 15 is 0 Å². The number of rotatable bonds is 4. The number of imidazole rings is 1. The first-order valence-corrected chi connectivity index (χ1v) is 11.5. The van der Waals surface area contributed by atoms with Gasteiger partial charge >= 0.3 is 0 Å². The van der Waals surface area contributed by atoms with Crippen LogP contribution in [0.1, 0.15) is 25.1 Å². The first kappa shape index (κ1) is 20.2. The van der Waals surface area contributed by atoms with E-state index in [1.165, 1.54) is 24.6 Å². The Kier molecular flexibility index (Phi) is 5.46. The Morgan fingerprint density at radius 2 is 2.06 bits per heavy atom. The van der Waals surface area contributed by atoms with Crippen LogP contribution in [0.4, 0.5) is 11.4 Å². The molecule has 2 amide bonds. The second-order valence-corrected chi connectivity index (χ2v) is 9.44. The molecule has 5 rings (SSSR count). The summed E-state index contributed by atoms with van der Waals surface area (Å²) in [7, 11) is 0. The second kappa shape index (κ2) is 8.40. The molecule has 0 saturated carbocycles. The van der Waals surface area contributed by atoms with Crippen LogP contribution in [0, 0.1) is 0 Å². The lowest BCUT2D eigenvalue weighted by Crippen LogP contribution is -2.32. The summed E-state index contributed by atoms with van der Waals surface area (Å²) in [6.45, 7) is 1.03. The van der Waals surface area contributed by atoms with Crippen molar-refractivity contribution in [2.24, 2.45) is 0 Å². The summed E-state index contributed by atoms with van der Waals surface area (Å²) < 4.78 is 2.23. The maximum atomic E-state index is 12.5. The molecule has 2 aromatic carbocycles. The molecular formula is C23H21ClN4O2S. The van der Waals surface area contributed by atoms with E-state index in [-0.39, 0.29) is 18.2 Å². The van der Waals surface area contributed by atoms with E-state index in [2.05, 4.69) is 21.4 Å². The van der Waals surface area contributed by atoms with E-state index in [0.29, 0.717) is 16.4 Å². The Labute approximate surface area is 189 Å². The molecule has 0 fully saturated rings. The average molecular weight is 453 g/mol. The van der Waals surface area contributed by atoms with Crippen molar-refractivity contribution in [3.8, 4) is 11.3 Å². The van der Waals surface area contributed by atoms with Crippen molar-refractivity contribution in [1.29, 1.82) is 0 Å². The highest BCUT2D eigenvalue weighted by atomic mass is 35.5. The molecule has 8 heteroatoms. The summed E-state index contributed by atoms with van der Waals surface area (Å²) in [6.07, 6.45) is 5.61. The van der Waals surface area contributed by atoms with Crippen molar-refractivity contribution in [3.63, 3.8) is 0 Å². The standard InChI is InChI=1S/C23H21ClN4O2S/c24-15-6-9-19-17(11-15)27-23(30)20(31-19)12-22(29)25-16-7-4-14(5-8-16)18-13-28-10-2-1-3-21(28)26-18/h4-9,11,13,20H,1-3,10,12H2,(H,25,29)(H,27,30). The van der Waals surface area contributed by atoms with Gasteiger partial charge in [-0.15, -0.1) is 11.8 Å². The molecule has 0 saturated heterocycles. The quantitative estimate of drug-likeness (QED) is 0.585. The molecule has 158 valence electrons. The van der Waals surface area contributed by atoms with Crippen molar-refractivity contribution in [3.05, 3.63) is 59.5 Å². The van der Waals surface area contributed by atoms with Gasteiger partial charge in [-0.25, -0.2) is 4.98 Å². The molecule has 6 nitrogen and oxygen atoms in total. The summed E-state index contributed by atoms with van der Waals surface area (Å²) in [4.78, 5) is 30.6. The highest BCUT2D eigenvalue weighted by Crippen LogP contribution is 2.38.